The maximum Gasteiger partial charge on any atom is 0.255 e. The van der Waals surface area contributed by atoms with Crippen LogP contribution in [0.3, 0.4) is 0 Å². The van der Waals surface area contributed by atoms with Crippen LogP contribution in [0.4, 0.5) is 5.82 Å². The third kappa shape index (κ3) is 4.00. The summed E-state index contributed by atoms with van der Waals surface area (Å²) in [4.78, 5) is 34.3. The van der Waals surface area contributed by atoms with Crippen LogP contribution in [0.2, 0.25) is 0 Å². The van der Waals surface area contributed by atoms with Crippen LogP contribution in [0.1, 0.15) is 10.4 Å². The van der Waals surface area contributed by atoms with Gasteiger partial charge in [0.15, 0.2) is 0 Å². The molecule has 1 amide bonds. The molecule has 31 heavy (non-hydrogen) atoms. The smallest absolute Gasteiger partial charge is 0.255 e. The molecule has 5 heterocycles. The molecule has 0 aromatic carbocycles. The molecule has 2 aliphatic rings. The Bertz CT molecular complexity index is 1080. The molecule has 0 aliphatic carbocycles. The summed E-state index contributed by atoms with van der Waals surface area (Å²) < 4.78 is 0. The summed E-state index contributed by atoms with van der Waals surface area (Å²) in [6.07, 6.45) is 5.53. The zero-order valence-corrected chi connectivity index (χ0v) is 18.2. The first-order valence-electron chi connectivity index (χ1n) is 10.9. The lowest BCUT2D eigenvalue weighted by molar-refractivity contribution is 0.0664. The van der Waals surface area contributed by atoms with Crippen molar-refractivity contribution in [1.82, 2.24) is 29.7 Å². The highest BCUT2D eigenvalue weighted by Crippen LogP contribution is 2.30. The van der Waals surface area contributed by atoms with Crippen LogP contribution >= 0.6 is 0 Å². The predicted octanol–water partition coefficient (Wildman–Crippen LogP) is 1.76. The summed E-state index contributed by atoms with van der Waals surface area (Å²) >= 11 is 0. The number of amides is 1. The maximum atomic E-state index is 13.0. The molecule has 2 fully saturated rings. The van der Waals surface area contributed by atoms with Gasteiger partial charge in [-0.15, -0.1) is 0 Å². The Labute approximate surface area is 182 Å². The van der Waals surface area contributed by atoms with E-state index in [4.69, 9.17) is 0 Å². The highest BCUT2D eigenvalue weighted by Gasteiger charge is 2.22. The topological polar surface area (TPSA) is 71.6 Å². The molecule has 8 nitrogen and oxygen atoms in total. The Morgan fingerprint density at radius 3 is 2.39 bits per heavy atom. The highest BCUT2D eigenvalue weighted by molar-refractivity contribution is 6.01. The molecule has 0 atom stereocenters. The van der Waals surface area contributed by atoms with Gasteiger partial charge in [-0.1, -0.05) is 0 Å². The number of carbonyl (C=O) groups excluding carboxylic acids is 1. The minimum atomic E-state index is 0.0579. The van der Waals surface area contributed by atoms with Gasteiger partial charge in [-0.3, -0.25) is 4.79 Å². The molecule has 0 saturated carbocycles. The average Bonchev–Trinajstić information content (AvgIpc) is 3.23. The zero-order chi connectivity index (χ0) is 21.4. The molecule has 0 spiro atoms. The maximum absolute atomic E-state index is 13.0. The van der Waals surface area contributed by atoms with Gasteiger partial charge in [0, 0.05) is 81.9 Å². The zero-order valence-electron chi connectivity index (χ0n) is 18.2. The van der Waals surface area contributed by atoms with E-state index in [1.165, 1.54) is 0 Å². The number of hydrogen-bond acceptors (Lipinski definition) is 6. The fourth-order valence-electron chi connectivity index (χ4n) is 4.35. The number of aromatic amines is 1. The van der Waals surface area contributed by atoms with E-state index in [0.29, 0.717) is 5.56 Å². The van der Waals surface area contributed by atoms with Crippen molar-refractivity contribution < 1.29 is 4.79 Å². The van der Waals surface area contributed by atoms with Crippen LogP contribution in [0.15, 0.2) is 36.8 Å². The first kappa shape index (κ1) is 20.0. The van der Waals surface area contributed by atoms with Gasteiger partial charge in [-0.25, -0.2) is 9.97 Å². The molecule has 0 radical (unpaired) electrons. The molecular formula is C23H29N7O. The number of fused-ring (bicyclic) bond motifs is 1. The summed E-state index contributed by atoms with van der Waals surface area (Å²) in [7, 11) is 4.24. The van der Waals surface area contributed by atoms with Gasteiger partial charge >= 0.3 is 0 Å². The number of likely N-dealkylation sites (N-methyl/N-ethyl adjacent to an activating group) is 2. The van der Waals surface area contributed by atoms with Crippen molar-refractivity contribution >= 4 is 22.8 Å². The van der Waals surface area contributed by atoms with Gasteiger partial charge in [0.25, 0.3) is 5.91 Å². The summed E-state index contributed by atoms with van der Waals surface area (Å²) in [6, 6.07) is 6.14. The number of pyridine rings is 2. The van der Waals surface area contributed by atoms with Gasteiger partial charge in [-0.2, -0.15) is 0 Å². The normalized spacial score (nSPS) is 18.6. The predicted molar refractivity (Wildman–Crippen MR) is 122 cm³/mol. The van der Waals surface area contributed by atoms with E-state index >= 15 is 0 Å². The number of anilines is 1. The Balaban J connectivity index is 1.44. The molecule has 3 aromatic rings. The average molecular weight is 420 g/mol. The second-order valence-corrected chi connectivity index (χ2v) is 8.61. The third-order valence-electron chi connectivity index (χ3n) is 6.45. The van der Waals surface area contributed by atoms with Crippen LogP contribution in [0.25, 0.3) is 22.2 Å². The molecule has 0 bridgehead atoms. The van der Waals surface area contributed by atoms with Crippen LogP contribution in [-0.2, 0) is 0 Å². The fraction of sp³-hybridized carbons (Fsp3) is 0.435. The Hall–Kier alpha value is -2.97. The SMILES string of the molecule is CN1CCN(C(=O)c2cnc3[nH]cc(-c4ccnc(N5CCN(C)CC5)c4)c3c2)CC1. The van der Waals surface area contributed by atoms with Gasteiger partial charge in [0.1, 0.15) is 11.5 Å². The van der Waals surface area contributed by atoms with Crippen molar-refractivity contribution in [2.45, 2.75) is 0 Å². The number of rotatable bonds is 3. The fourth-order valence-corrected chi connectivity index (χ4v) is 4.35. The molecule has 8 heteroatoms. The first-order valence-corrected chi connectivity index (χ1v) is 10.9. The second-order valence-electron chi connectivity index (χ2n) is 8.61. The molecule has 2 saturated heterocycles. The summed E-state index contributed by atoms with van der Waals surface area (Å²) in [6.45, 7) is 7.36. The largest absolute Gasteiger partial charge is 0.354 e. The van der Waals surface area contributed by atoms with Crippen LogP contribution in [0.5, 0.6) is 0 Å². The molecule has 0 unspecified atom stereocenters. The quantitative estimate of drug-likeness (QED) is 0.698. The minimum absolute atomic E-state index is 0.0579. The van der Waals surface area contributed by atoms with Crippen molar-refractivity contribution in [1.29, 1.82) is 0 Å². The molecule has 3 aromatic heterocycles. The number of piperazine rings is 2. The first-order chi connectivity index (χ1) is 15.1. The molecular weight excluding hydrogens is 390 g/mol. The van der Waals surface area contributed by atoms with E-state index in [0.717, 1.165) is 80.3 Å². The van der Waals surface area contributed by atoms with E-state index < -0.39 is 0 Å². The minimum Gasteiger partial charge on any atom is -0.354 e. The summed E-state index contributed by atoms with van der Waals surface area (Å²) in [5.41, 5.74) is 3.57. The van der Waals surface area contributed by atoms with Crippen molar-refractivity contribution in [2.75, 3.05) is 71.4 Å². The van der Waals surface area contributed by atoms with Crippen LogP contribution < -0.4 is 4.90 Å². The van der Waals surface area contributed by atoms with E-state index in [1.54, 1.807) is 6.20 Å². The van der Waals surface area contributed by atoms with Gasteiger partial charge in [0.2, 0.25) is 0 Å². The van der Waals surface area contributed by atoms with Crippen molar-refractivity contribution in [3.63, 3.8) is 0 Å². The Morgan fingerprint density at radius 2 is 1.65 bits per heavy atom. The molecule has 2 aliphatic heterocycles. The number of carbonyl (C=O) groups is 1. The number of aromatic nitrogens is 3. The number of hydrogen-bond donors (Lipinski definition) is 1. The summed E-state index contributed by atoms with van der Waals surface area (Å²) in [5, 5.41) is 0.968. The molecule has 5 rings (SSSR count). The molecule has 1 N–H and O–H groups in total. The van der Waals surface area contributed by atoms with Crippen molar-refractivity contribution in [3.8, 4) is 11.1 Å². The number of nitrogens with one attached hydrogen (secondary N) is 1. The second kappa shape index (κ2) is 8.28. The van der Waals surface area contributed by atoms with Gasteiger partial charge in [0.05, 0.1) is 5.56 Å². The van der Waals surface area contributed by atoms with Gasteiger partial charge < -0.3 is 24.6 Å². The monoisotopic (exact) mass is 419 g/mol. The van der Waals surface area contributed by atoms with E-state index in [2.05, 4.69) is 49.8 Å². The summed E-state index contributed by atoms with van der Waals surface area (Å²) in [5.74, 6) is 1.06. The standard InChI is InChI=1S/C23H29N7O/c1-27-5-9-29(10-6-27)21-14-17(3-4-24-21)20-16-26-22-19(20)13-18(15-25-22)23(31)30-11-7-28(2)8-12-30/h3-4,13-16H,5-12H2,1-2H3,(H,25,26). The number of nitrogens with zero attached hydrogens (tertiary/aromatic N) is 6. The lowest BCUT2D eigenvalue weighted by Gasteiger charge is -2.33. The van der Waals surface area contributed by atoms with Crippen LogP contribution in [-0.4, -0.2) is 102 Å². The van der Waals surface area contributed by atoms with Crippen molar-refractivity contribution in [2.24, 2.45) is 0 Å². The lowest BCUT2D eigenvalue weighted by Crippen LogP contribution is -2.47. The number of H-pyrrole nitrogens is 1. The van der Waals surface area contributed by atoms with E-state index in [1.807, 2.05) is 29.4 Å². The third-order valence-corrected chi connectivity index (χ3v) is 6.45. The van der Waals surface area contributed by atoms with Crippen LogP contribution in [0, 0.1) is 0 Å². The molecule has 162 valence electrons. The Morgan fingerprint density at radius 1 is 0.935 bits per heavy atom. The van der Waals surface area contributed by atoms with Gasteiger partial charge in [-0.05, 0) is 37.9 Å². The van der Waals surface area contributed by atoms with Crippen molar-refractivity contribution in [3.05, 3.63) is 42.4 Å². The van der Waals surface area contributed by atoms with E-state index in [-0.39, 0.29) is 5.91 Å². The Kier molecular flexibility index (Phi) is 5.33. The van der Waals surface area contributed by atoms with E-state index in [9.17, 15) is 4.79 Å². The lowest BCUT2D eigenvalue weighted by atomic mass is 10.1. The highest BCUT2D eigenvalue weighted by atomic mass is 16.2.